The Morgan fingerprint density at radius 2 is 1.58 bits per heavy atom. The summed E-state index contributed by atoms with van der Waals surface area (Å²) >= 11 is 0. The van der Waals surface area contributed by atoms with Gasteiger partial charge in [-0.15, -0.1) is 0 Å². The molecular formula is C17H34N4O3. The molecule has 7 nitrogen and oxygen atoms in total. The average molecular weight is 342 g/mol. The van der Waals surface area contributed by atoms with Gasteiger partial charge in [-0.3, -0.25) is 9.59 Å². The molecule has 0 aliphatic carbocycles. The van der Waals surface area contributed by atoms with Crippen molar-refractivity contribution in [1.29, 1.82) is 0 Å². The number of rotatable bonds is 11. The van der Waals surface area contributed by atoms with Crippen LogP contribution >= 0.6 is 0 Å². The van der Waals surface area contributed by atoms with Crippen LogP contribution in [-0.2, 0) is 9.59 Å². The van der Waals surface area contributed by atoms with Crippen molar-refractivity contribution in [3.63, 3.8) is 0 Å². The Morgan fingerprint density at radius 3 is 2.00 bits per heavy atom. The molecule has 0 heterocycles. The first-order valence-electron chi connectivity index (χ1n) is 8.69. The third-order valence-electron chi connectivity index (χ3n) is 3.66. The number of hydrogen-bond acceptors (Lipinski definition) is 4. The van der Waals surface area contributed by atoms with Crippen molar-refractivity contribution in [3.8, 4) is 0 Å². The fourth-order valence-electron chi connectivity index (χ4n) is 2.40. The molecule has 0 rings (SSSR count). The standard InChI is InChI=1S/C17H34N4O3/c1-10(2)14(20-12(5)6)16(23)21-13(15(22)11(3)4)8-7-9-19-17(18)24/h10-14,20H,7-9H2,1-6H3,(H,21,23)(H3,18,19,24)/t13-,14-/m0/s1. The number of carbonyl (C=O) groups excluding carboxylic acids is 3. The van der Waals surface area contributed by atoms with Gasteiger partial charge >= 0.3 is 6.03 Å². The number of primary amides is 1. The monoisotopic (exact) mass is 342 g/mol. The zero-order valence-corrected chi connectivity index (χ0v) is 15.8. The number of urea groups is 1. The molecule has 0 aromatic rings. The lowest BCUT2D eigenvalue weighted by atomic mass is 9.96. The van der Waals surface area contributed by atoms with E-state index in [9.17, 15) is 14.4 Å². The van der Waals surface area contributed by atoms with Crippen LogP contribution in [0.5, 0.6) is 0 Å². The second kappa shape index (κ2) is 11.0. The van der Waals surface area contributed by atoms with E-state index in [0.717, 1.165) is 0 Å². The van der Waals surface area contributed by atoms with Crippen LogP contribution < -0.4 is 21.7 Å². The molecule has 0 bridgehead atoms. The molecule has 7 heteroatoms. The maximum atomic E-state index is 12.6. The van der Waals surface area contributed by atoms with Crippen LogP contribution in [0.3, 0.4) is 0 Å². The number of nitrogens with two attached hydrogens (primary N) is 1. The van der Waals surface area contributed by atoms with Crippen molar-refractivity contribution in [1.82, 2.24) is 16.0 Å². The largest absolute Gasteiger partial charge is 0.352 e. The lowest BCUT2D eigenvalue weighted by Gasteiger charge is -2.27. The van der Waals surface area contributed by atoms with E-state index < -0.39 is 12.1 Å². The topological polar surface area (TPSA) is 113 Å². The summed E-state index contributed by atoms with van der Waals surface area (Å²) in [6.45, 7) is 11.9. The van der Waals surface area contributed by atoms with Crippen LogP contribution in [0.15, 0.2) is 0 Å². The van der Waals surface area contributed by atoms with Crippen molar-refractivity contribution in [2.75, 3.05) is 6.54 Å². The highest BCUT2D eigenvalue weighted by molar-refractivity contribution is 5.91. The number of nitrogens with one attached hydrogen (secondary N) is 3. The molecule has 3 amide bonds. The number of ketones is 1. The highest BCUT2D eigenvalue weighted by Crippen LogP contribution is 2.09. The molecule has 0 aliphatic heterocycles. The molecule has 0 radical (unpaired) electrons. The Bertz CT molecular complexity index is 422. The third kappa shape index (κ3) is 8.86. The molecule has 0 saturated heterocycles. The van der Waals surface area contributed by atoms with E-state index in [2.05, 4.69) is 16.0 Å². The summed E-state index contributed by atoms with van der Waals surface area (Å²) in [5, 5.41) is 8.61. The van der Waals surface area contributed by atoms with Crippen molar-refractivity contribution >= 4 is 17.7 Å². The zero-order chi connectivity index (χ0) is 18.9. The highest BCUT2D eigenvalue weighted by Gasteiger charge is 2.28. The number of carbonyl (C=O) groups is 3. The Balaban J connectivity index is 4.85. The molecule has 0 spiro atoms. The minimum absolute atomic E-state index is 0.00511. The van der Waals surface area contributed by atoms with Gasteiger partial charge in [0.05, 0.1) is 12.1 Å². The van der Waals surface area contributed by atoms with Crippen molar-refractivity contribution in [3.05, 3.63) is 0 Å². The van der Waals surface area contributed by atoms with E-state index >= 15 is 0 Å². The molecule has 0 unspecified atom stereocenters. The van der Waals surface area contributed by atoms with Crippen molar-refractivity contribution < 1.29 is 14.4 Å². The van der Waals surface area contributed by atoms with Crippen molar-refractivity contribution in [2.24, 2.45) is 17.6 Å². The van der Waals surface area contributed by atoms with Crippen LogP contribution in [0.4, 0.5) is 4.79 Å². The predicted octanol–water partition coefficient (Wildman–Crippen LogP) is 1.17. The minimum atomic E-state index is -0.591. The fourth-order valence-corrected chi connectivity index (χ4v) is 2.40. The van der Waals surface area contributed by atoms with Gasteiger partial charge in [-0.05, 0) is 18.8 Å². The first kappa shape index (κ1) is 22.4. The second-order valence-corrected chi connectivity index (χ2v) is 7.09. The van der Waals surface area contributed by atoms with E-state index in [0.29, 0.717) is 19.4 Å². The third-order valence-corrected chi connectivity index (χ3v) is 3.66. The minimum Gasteiger partial charge on any atom is -0.352 e. The Morgan fingerprint density at radius 1 is 1.00 bits per heavy atom. The summed E-state index contributed by atoms with van der Waals surface area (Å²) in [7, 11) is 0. The Hall–Kier alpha value is -1.63. The van der Waals surface area contributed by atoms with Gasteiger partial charge in [0.2, 0.25) is 5.91 Å². The fraction of sp³-hybridized carbons (Fsp3) is 0.824. The molecule has 0 fully saturated rings. The van der Waals surface area contributed by atoms with Gasteiger partial charge in [-0.25, -0.2) is 4.79 Å². The Labute approximate surface area is 145 Å². The van der Waals surface area contributed by atoms with E-state index in [4.69, 9.17) is 5.73 Å². The SMILES string of the molecule is CC(C)N[C@H](C(=O)N[C@@H](CCCNC(N)=O)C(=O)C(C)C)C(C)C. The molecule has 0 aromatic carbocycles. The number of amides is 3. The van der Waals surface area contributed by atoms with Crippen LogP contribution in [0, 0.1) is 11.8 Å². The second-order valence-electron chi connectivity index (χ2n) is 7.09. The van der Waals surface area contributed by atoms with Crippen molar-refractivity contribution in [2.45, 2.75) is 72.5 Å². The van der Waals surface area contributed by atoms with Gasteiger partial charge in [0.15, 0.2) is 5.78 Å². The zero-order valence-electron chi connectivity index (χ0n) is 15.8. The highest BCUT2D eigenvalue weighted by atomic mass is 16.2. The van der Waals surface area contributed by atoms with E-state index in [1.54, 1.807) is 0 Å². The summed E-state index contributed by atoms with van der Waals surface area (Å²) < 4.78 is 0. The molecule has 2 atom stereocenters. The maximum absolute atomic E-state index is 12.6. The van der Waals surface area contributed by atoms with Crippen LogP contribution in [-0.4, -0.2) is 42.4 Å². The first-order valence-corrected chi connectivity index (χ1v) is 8.69. The van der Waals surface area contributed by atoms with Crippen LogP contribution in [0.1, 0.15) is 54.4 Å². The molecule has 24 heavy (non-hydrogen) atoms. The van der Waals surface area contributed by atoms with Gasteiger partial charge in [0.25, 0.3) is 0 Å². The summed E-state index contributed by atoms with van der Waals surface area (Å²) in [4.78, 5) is 35.7. The number of hydrogen-bond donors (Lipinski definition) is 4. The van der Waals surface area contributed by atoms with E-state index in [1.165, 1.54) is 0 Å². The first-order chi connectivity index (χ1) is 11.1. The summed E-state index contributed by atoms with van der Waals surface area (Å²) in [6, 6.07) is -1.33. The molecule has 140 valence electrons. The molecule has 5 N–H and O–H groups in total. The van der Waals surface area contributed by atoms with Crippen LogP contribution in [0.25, 0.3) is 0 Å². The molecule has 0 aromatic heterocycles. The normalized spacial score (nSPS) is 13.9. The summed E-state index contributed by atoms with van der Waals surface area (Å²) in [6.07, 6.45) is 1.03. The van der Waals surface area contributed by atoms with Gasteiger partial charge in [-0.1, -0.05) is 41.5 Å². The smallest absolute Gasteiger partial charge is 0.312 e. The number of Topliss-reactive ketones (excluding diaryl/α,β-unsaturated/α-hetero) is 1. The lowest BCUT2D eigenvalue weighted by Crippen LogP contribution is -2.54. The maximum Gasteiger partial charge on any atom is 0.312 e. The molecule has 0 aliphatic rings. The summed E-state index contributed by atoms with van der Waals surface area (Å²) in [5.41, 5.74) is 5.02. The lowest BCUT2D eigenvalue weighted by molar-refractivity contribution is -0.131. The molecule has 0 saturated carbocycles. The average Bonchev–Trinajstić information content (AvgIpc) is 2.45. The van der Waals surface area contributed by atoms with Gasteiger partial charge in [0.1, 0.15) is 0 Å². The summed E-state index contributed by atoms with van der Waals surface area (Å²) in [5.74, 6) is -0.233. The quantitative estimate of drug-likeness (QED) is 0.422. The molecular weight excluding hydrogens is 308 g/mol. The van der Waals surface area contributed by atoms with Gasteiger partial charge < -0.3 is 21.7 Å². The van der Waals surface area contributed by atoms with E-state index in [-0.39, 0.29) is 35.6 Å². The predicted molar refractivity (Wildman–Crippen MR) is 95.5 cm³/mol. The van der Waals surface area contributed by atoms with Crippen LogP contribution in [0.2, 0.25) is 0 Å². The Kier molecular flexibility index (Phi) is 10.3. The van der Waals surface area contributed by atoms with Gasteiger partial charge in [0, 0.05) is 18.5 Å². The van der Waals surface area contributed by atoms with Gasteiger partial charge in [-0.2, -0.15) is 0 Å². The van der Waals surface area contributed by atoms with E-state index in [1.807, 2.05) is 41.5 Å².